The van der Waals surface area contributed by atoms with Gasteiger partial charge in [0.15, 0.2) is 5.65 Å². The minimum atomic E-state index is -0.0738. The average Bonchev–Trinajstić information content (AvgIpc) is 2.73. The van der Waals surface area contributed by atoms with Crippen molar-refractivity contribution < 1.29 is 9.84 Å². The fourth-order valence-corrected chi connectivity index (χ4v) is 1.70. The van der Waals surface area contributed by atoms with Crippen LogP contribution in [0.3, 0.4) is 0 Å². The highest BCUT2D eigenvalue weighted by Crippen LogP contribution is 2.28. The van der Waals surface area contributed by atoms with Gasteiger partial charge in [-0.1, -0.05) is 0 Å². The van der Waals surface area contributed by atoms with Crippen LogP contribution in [-0.2, 0) is 13.2 Å². The second kappa shape index (κ2) is 5.84. The van der Waals surface area contributed by atoms with Crippen molar-refractivity contribution in [3.8, 4) is 5.75 Å². The van der Waals surface area contributed by atoms with Crippen molar-refractivity contribution in [3.63, 3.8) is 0 Å². The highest BCUT2D eigenvalue weighted by Gasteiger charge is 2.12. The first-order valence-corrected chi connectivity index (χ1v) is 5.38. The molecule has 2 aromatic rings. The Morgan fingerprint density at radius 3 is 2.71 bits per heavy atom. The van der Waals surface area contributed by atoms with Crippen LogP contribution in [0.4, 0.5) is 0 Å². The number of aliphatic hydroxyl groups excluding tert-OH is 1. The molecule has 2 heterocycles. The van der Waals surface area contributed by atoms with Crippen LogP contribution in [0.15, 0.2) is 12.4 Å². The number of rotatable bonds is 4. The van der Waals surface area contributed by atoms with E-state index >= 15 is 0 Å². The Labute approximate surface area is 106 Å². The van der Waals surface area contributed by atoms with Gasteiger partial charge in [0.1, 0.15) is 5.75 Å². The van der Waals surface area contributed by atoms with Crippen molar-refractivity contribution in [1.29, 1.82) is 0 Å². The highest BCUT2D eigenvalue weighted by molar-refractivity contribution is 5.85. The minimum Gasteiger partial charge on any atom is -0.493 e. The van der Waals surface area contributed by atoms with E-state index in [4.69, 9.17) is 4.74 Å². The highest BCUT2D eigenvalue weighted by atomic mass is 35.5. The molecule has 0 atom stereocenters. The van der Waals surface area contributed by atoms with Gasteiger partial charge in [0.2, 0.25) is 0 Å². The third-order valence-electron chi connectivity index (χ3n) is 2.45. The minimum absolute atomic E-state index is 0. The molecule has 0 saturated heterocycles. The second-order valence-corrected chi connectivity index (χ2v) is 3.40. The van der Waals surface area contributed by atoms with Crippen molar-refractivity contribution >= 4 is 23.4 Å². The largest absolute Gasteiger partial charge is 0.493 e. The predicted octanol–water partition coefficient (Wildman–Crippen LogP) is 1.76. The quantitative estimate of drug-likeness (QED) is 0.907. The van der Waals surface area contributed by atoms with Crippen LogP contribution in [0.25, 0.3) is 11.0 Å². The summed E-state index contributed by atoms with van der Waals surface area (Å²) in [5, 5.41) is 14.3. The van der Waals surface area contributed by atoms with Crippen LogP contribution < -0.4 is 4.74 Å². The molecule has 0 aliphatic rings. The van der Waals surface area contributed by atoms with E-state index in [-0.39, 0.29) is 19.0 Å². The maximum atomic E-state index is 9.22. The molecule has 0 amide bonds. The number of hydrogen-bond acceptors (Lipinski definition) is 4. The summed E-state index contributed by atoms with van der Waals surface area (Å²) in [6, 6.07) is 0. The summed E-state index contributed by atoms with van der Waals surface area (Å²) in [5.41, 5.74) is 1.49. The van der Waals surface area contributed by atoms with E-state index in [1.807, 2.05) is 13.8 Å². The van der Waals surface area contributed by atoms with Gasteiger partial charge in [-0.2, -0.15) is 5.10 Å². The van der Waals surface area contributed by atoms with Gasteiger partial charge < -0.3 is 9.84 Å². The SMILES string of the molecule is CCOc1c(CO)cnc2c1cnn2CC.Cl. The Morgan fingerprint density at radius 2 is 2.12 bits per heavy atom. The van der Waals surface area contributed by atoms with Gasteiger partial charge in [0, 0.05) is 18.3 Å². The van der Waals surface area contributed by atoms with E-state index in [1.165, 1.54) is 0 Å². The average molecular weight is 258 g/mol. The van der Waals surface area contributed by atoms with Crippen molar-refractivity contribution in [2.24, 2.45) is 0 Å². The number of nitrogens with zero attached hydrogens (tertiary/aromatic N) is 3. The Bertz CT molecular complexity index is 499. The molecule has 17 heavy (non-hydrogen) atoms. The van der Waals surface area contributed by atoms with Gasteiger partial charge in [0.25, 0.3) is 0 Å². The number of pyridine rings is 1. The van der Waals surface area contributed by atoms with Crippen LogP contribution >= 0.6 is 12.4 Å². The Hall–Kier alpha value is -1.33. The first kappa shape index (κ1) is 13.7. The van der Waals surface area contributed by atoms with E-state index < -0.39 is 0 Å². The molecule has 0 aromatic carbocycles. The van der Waals surface area contributed by atoms with Gasteiger partial charge >= 0.3 is 0 Å². The lowest BCUT2D eigenvalue weighted by Gasteiger charge is -2.09. The van der Waals surface area contributed by atoms with Gasteiger partial charge in [-0.15, -0.1) is 12.4 Å². The lowest BCUT2D eigenvalue weighted by molar-refractivity contribution is 0.267. The van der Waals surface area contributed by atoms with Gasteiger partial charge in [-0.25, -0.2) is 9.67 Å². The fraction of sp³-hybridized carbons (Fsp3) is 0.455. The summed E-state index contributed by atoms with van der Waals surface area (Å²) in [4.78, 5) is 4.29. The lowest BCUT2D eigenvalue weighted by Crippen LogP contribution is -2.01. The third-order valence-corrected chi connectivity index (χ3v) is 2.45. The number of halogens is 1. The Kier molecular flexibility index (Phi) is 4.72. The molecular weight excluding hydrogens is 242 g/mol. The molecule has 0 radical (unpaired) electrons. The molecule has 0 fully saturated rings. The molecule has 2 rings (SSSR count). The van der Waals surface area contributed by atoms with Crippen molar-refractivity contribution in [1.82, 2.24) is 14.8 Å². The monoisotopic (exact) mass is 257 g/mol. The van der Waals surface area contributed by atoms with E-state index in [1.54, 1.807) is 17.1 Å². The molecule has 0 unspecified atom stereocenters. The standard InChI is InChI=1S/C11H15N3O2.ClH/c1-3-14-11-9(6-13-14)10(16-4-2)8(7-15)5-12-11;/h5-6,15H,3-4,7H2,1-2H3;1H. The first-order chi connectivity index (χ1) is 7.81. The molecule has 0 aliphatic heterocycles. The van der Waals surface area contributed by atoms with Crippen LogP contribution in [0, 0.1) is 0 Å². The van der Waals surface area contributed by atoms with Crippen LogP contribution in [-0.4, -0.2) is 26.5 Å². The summed E-state index contributed by atoms with van der Waals surface area (Å²) in [6.45, 7) is 5.17. The smallest absolute Gasteiger partial charge is 0.161 e. The zero-order chi connectivity index (χ0) is 11.5. The zero-order valence-electron chi connectivity index (χ0n) is 9.88. The molecule has 5 nitrogen and oxygen atoms in total. The Balaban J connectivity index is 0.00000144. The lowest BCUT2D eigenvalue weighted by atomic mass is 10.2. The number of aliphatic hydroxyl groups is 1. The topological polar surface area (TPSA) is 60.2 Å². The van der Waals surface area contributed by atoms with Gasteiger partial charge in [-0.3, -0.25) is 0 Å². The van der Waals surface area contributed by atoms with E-state index in [9.17, 15) is 5.11 Å². The van der Waals surface area contributed by atoms with E-state index in [2.05, 4.69) is 10.1 Å². The molecular formula is C11H16ClN3O2. The predicted molar refractivity (Wildman–Crippen MR) is 67.5 cm³/mol. The van der Waals surface area contributed by atoms with Crippen LogP contribution in [0.1, 0.15) is 19.4 Å². The second-order valence-electron chi connectivity index (χ2n) is 3.40. The molecule has 0 bridgehead atoms. The number of aromatic nitrogens is 3. The summed E-state index contributed by atoms with van der Waals surface area (Å²) >= 11 is 0. The zero-order valence-corrected chi connectivity index (χ0v) is 10.7. The molecule has 6 heteroatoms. The molecule has 0 saturated carbocycles. The van der Waals surface area contributed by atoms with Crippen molar-refractivity contribution in [2.75, 3.05) is 6.61 Å². The number of hydrogen-bond donors (Lipinski definition) is 1. The maximum absolute atomic E-state index is 9.22. The summed E-state index contributed by atoms with van der Waals surface area (Å²) in [5.74, 6) is 0.690. The molecule has 2 aromatic heterocycles. The number of fused-ring (bicyclic) bond motifs is 1. The summed E-state index contributed by atoms with van der Waals surface area (Å²) in [6.07, 6.45) is 3.37. The first-order valence-electron chi connectivity index (χ1n) is 5.38. The number of aryl methyl sites for hydroxylation is 1. The van der Waals surface area contributed by atoms with Crippen LogP contribution in [0.5, 0.6) is 5.75 Å². The van der Waals surface area contributed by atoms with Gasteiger partial charge in [0.05, 0.1) is 24.8 Å². The molecule has 1 N–H and O–H groups in total. The van der Waals surface area contributed by atoms with E-state index in [0.29, 0.717) is 17.9 Å². The number of ether oxygens (including phenoxy) is 1. The summed E-state index contributed by atoms with van der Waals surface area (Å²) in [7, 11) is 0. The molecule has 0 aliphatic carbocycles. The maximum Gasteiger partial charge on any atom is 0.161 e. The third kappa shape index (κ3) is 2.35. The normalized spacial score (nSPS) is 10.3. The van der Waals surface area contributed by atoms with Crippen LogP contribution in [0.2, 0.25) is 0 Å². The summed E-state index contributed by atoms with van der Waals surface area (Å²) < 4.78 is 7.35. The molecule has 0 spiro atoms. The van der Waals surface area contributed by atoms with Crippen molar-refractivity contribution in [3.05, 3.63) is 18.0 Å². The van der Waals surface area contributed by atoms with Crippen molar-refractivity contribution in [2.45, 2.75) is 27.0 Å². The molecule has 94 valence electrons. The fourth-order valence-electron chi connectivity index (χ4n) is 1.70. The van der Waals surface area contributed by atoms with Gasteiger partial charge in [-0.05, 0) is 13.8 Å². The van der Waals surface area contributed by atoms with E-state index in [0.717, 1.165) is 17.6 Å². The Morgan fingerprint density at radius 1 is 1.35 bits per heavy atom.